The Morgan fingerprint density at radius 2 is 2.14 bits per heavy atom. The van der Waals surface area contributed by atoms with Crippen molar-refractivity contribution in [1.29, 1.82) is 0 Å². The van der Waals surface area contributed by atoms with Crippen LogP contribution >= 0.6 is 0 Å². The van der Waals surface area contributed by atoms with Gasteiger partial charge in [0.05, 0.1) is 13.7 Å². The van der Waals surface area contributed by atoms with E-state index in [2.05, 4.69) is 23.5 Å². The van der Waals surface area contributed by atoms with Crippen molar-refractivity contribution in [1.82, 2.24) is 4.90 Å². The molecule has 0 unspecified atom stereocenters. The quantitative estimate of drug-likeness (QED) is 0.609. The van der Waals surface area contributed by atoms with Crippen molar-refractivity contribution in [3.05, 3.63) is 0 Å². The number of methoxy groups -OCH3 is 1. The van der Waals surface area contributed by atoms with E-state index in [1.54, 1.807) is 0 Å². The molecular formula is C11H21NO2. The third-order valence-corrected chi connectivity index (χ3v) is 2.81. The van der Waals surface area contributed by atoms with Crippen LogP contribution in [0.25, 0.3) is 0 Å². The summed E-state index contributed by atoms with van der Waals surface area (Å²) in [5, 5.41) is 0. The molecular weight excluding hydrogens is 178 g/mol. The maximum atomic E-state index is 11.1. The summed E-state index contributed by atoms with van der Waals surface area (Å²) >= 11 is 0. The van der Waals surface area contributed by atoms with Gasteiger partial charge in [0.15, 0.2) is 0 Å². The molecule has 0 heterocycles. The van der Waals surface area contributed by atoms with E-state index in [0.29, 0.717) is 12.6 Å². The Balaban J connectivity index is 2.25. The second-order valence-corrected chi connectivity index (χ2v) is 4.37. The SMILES string of the molecule is COC(=O)CN(CCC1CC1)C(C)C. The summed E-state index contributed by atoms with van der Waals surface area (Å²) in [5.41, 5.74) is 0. The van der Waals surface area contributed by atoms with E-state index in [-0.39, 0.29) is 5.97 Å². The maximum absolute atomic E-state index is 11.1. The highest BCUT2D eigenvalue weighted by molar-refractivity contribution is 5.71. The molecule has 0 aromatic heterocycles. The molecule has 0 radical (unpaired) electrons. The van der Waals surface area contributed by atoms with E-state index < -0.39 is 0 Å². The molecule has 14 heavy (non-hydrogen) atoms. The van der Waals surface area contributed by atoms with Gasteiger partial charge in [-0.3, -0.25) is 9.69 Å². The van der Waals surface area contributed by atoms with Gasteiger partial charge in [-0.15, -0.1) is 0 Å². The van der Waals surface area contributed by atoms with E-state index in [1.807, 2.05) is 0 Å². The monoisotopic (exact) mass is 199 g/mol. The average molecular weight is 199 g/mol. The second-order valence-electron chi connectivity index (χ2n) is 4.37. The Kier molecular flexibility index (Phi) is 4.39. The molecule has 1 aliphatic carbocycles. The normalized spacial score (nSPS) is 16.4. The van der Waals surface area contributed by atoms with E-state index >= 15 is 0 Å². The highest BCUT2D eigenvalue weighted by atomic mass is 16.5. The van der Waals surface area contributed by atoms with Crippen LogP contribution in [0.15, 0.2) is 0 Å². The standard InChI is InChI=1S/C11H21NO2/c1-9(2)12(8-11(13)14-3)7-6-10-4-5-10/h9-10H,4-8H2,1-3H3. The lowest BCUT2D eigenvalue weighted by Gasteiger charge is -2.24. The molecule has 0 amide bonds. The lowest BCUT2D eigenvalue weighted by Crippen LogP contribution is -2.37. The summed E-state index contributed by atoms with van der Waals surface area (Å²) in [6.07, 6.45) is 3.99. The van der Waals surface area contributed by atoms with Crippen LogP contribution < -0.4 is 0 Å². The average Bonchev–Trinajstić information content (AvgIpc) is 2.94. The number of rotatable bonds is 6. The number of hydrogen-bond acceptors (Lipinski definition) is 3. The lowest BCUT2D eigenvalue weighted by atomic mass is 10.2. The first-order chi connectivity index (χ1) is 6.63. The third kappa shape index (κ3) is 4.09. The molecule has 3 nitrogen and oxygen atoms in total. The molecule has 3 heteroatoms. The largest absolute Gasteiger partial charge is 0.468 e. The molecule has 0 aromatic rings. The smallest absolute Gasteiger partial charge is 0.319 e. The fraction of sp³-hybridized carbons (Fsp3) is 0.909. The Labute approximate surface area is 86.4 Å². The third-order valence-electron chi connectivity index (χ3n) is 2.81. The fourth-order valence-corrected chi connectivity index (χ4v) is 1.51. The van der Waals surface area contributed by atoms with Crippen molar-refractivity contribution in [3.8, 4) is 0 Å². The van der Waals surface area contributed by atoms with Crippen LogP contribution in [-0.2, 0) is 9.53 Å². The van der Waals surface area contributed by atoms with Gasteiger partial charge in [-0.2, -0.15) is 0 Å². The number of carbonyl (C=O) groups is 1. The number of esters is 1. The Morgan fingerprint density at radius 1 is 1.50 bits per heavy atom. The highest BCUT2D eigenvalue weighted by Gasteiger charge is 2.23. The zero-order chi connectivity index (χ0) is 10.6. The van der Waals surface area contributed by atoms with Crippen LogP contribution in [0, 0.1) is 5.92 Å². The molecule has 0 saturated heterocycles. The van der Waals surface area contributed by atoms with Gasteiger partial charge in [-0.1, -0.05) is 12.8 Å². The van der Waals surface area contributed by atoms with Crippen molar-refractivity contribution in [2.75, 3.05) is 20.2 Å². The zero-order valence-electron chi connectivity index (χ0n) is 9.45. The molecule has 0 atom stereocenters. The number of hydrogen-bond donors (Lipinski definition) is 0. The lowest BCUT2D eigenvalue weighted by molar-refractivity contribution is -0.142. The van der Waals surface area contributed by atoms with Crippen molar-refractivity contribution in [2.45, 2.75) is 39.2 Å². The van der Waals surface area contributed by atoms with Crippen molar-refractivity contribution in [3.63, 3.8) is 0 Å². The van der Waals surface area contributed by atoms with Gasteiger partial charge in [0.1, 0.15) is 0 Å². The minimum absolute atomic E-state index is 0.130. The van der Waals surface area contributed by atoms with Gasteiger partial charge in [-0.25, -0.2) is 0 Å². The molecule has 0 aromatic carbocycles. The van der Waals surface area contributed by atoms with Gasteiger partial charge >= 0.3 is 5.97 Å². The number of nitrogens with zero attached hydrogens (tertiary/aromatic N) is 1. The van der Waals surface area contributed by atoms with Crippen LogP contribution in [0.4, 0.5) is 0 Å². The van der Waals surface area contributed by atoms with E-state index in [1.165, 1.54) is 26.4 Å². The van der Waals surface area contributed by atoms with E-state index in [9.17, 15) is 4.79 Å². The molecule has 1 fully saturated rings. The predicted octanol–water partition coefficient (Wildman–Crippen LogP) is 1.67. The molecule has 1 rings (SSSR count). The van der Waals surface area contributed by atoms with Gasteiger partial charge < -0.3 is 4.74 Å². The van der Waals surface area contributed by atoms with Crippen LogP contribution in [0.2, 0.25) is 0 Å². The second kappa shape index (κ2) is 5.35. The van der Waals surface area contributed by atoms with Crippen LogP contribution in [0.5, 0.6) is 0 Å². The fourth-order valence-electron chi connectivity index (χ4n) is 1.51. The molecule has 0 bridgehead atoms. The van der Waals surface area contributed by atoms with Gasteiger partial charge in [0.25, 0.3) is 0 Å². The molecule has 82 valence electrons. The Bertz CT molecular complexity index is 188. The van der Waals surface area contributed by atoms with Crippen molar-refractivity contribution in [2.24, 2.45) is 5.92 Å². The van der Waals surface area contributed by atoms with Crippen LogP contribution in [0.3, 0.4) is 0 Å². The van der Waals surface area contributed by atoms with Crippen LogP contribution in [-0.4, -0.2) is 37.1 Å². The van der Waals surface area contributed by atoms with E-state index in [0.717, 1.165) is 12.5 Å². The molecule has 0 spiro atoms. The van der Waals surface area contributed by atoms with Gasteiger partial charge in [0.2, 0.25) is 0 Å². The first-order valence-corrected chi connectivity index (χ1v) is 5.44. The number of ether oxygens (including phenoxy) is 1. The summed E-state index contributed by atoms with van der Waals surface area (Å²) in [6, 6.07) is 0.424. The zero-order valence-corrected chi connectivity index (χ0v) is 9.45. The summed E-state index contributed by atoms with van der Waals surface area (Å²) in [6.45, 7) is 5.70. The van der Waals surface area contributed by atoms with Gasteiger partial charge in [0, 0.05) is 6.04 Å². The molecule has 0 aliphatic heterocycles. The predicted molar refractivity (Wildman–Crippen MR) is 56.1 cm³/mol. The summed E-state index contributed by atoms with van der Waals surface area (Å²) in [7, 11) is 1.45. The minimum atomic E-state index is -0.130. The molecule has 0 N–H and O–H groups in total. The van der Waals surface area contributed by atoms with E-state index in [4.69, 9.17) is 0 Å². The Morgan fingerprint density at radius 3 is 2.57 bits per heavy atom. The molecule has 1 aliphatic rings. The molecule has 1 saturated carbocycles. The summed E-state index contributed by atoms with van der Waals surface area (Å²) in [4.78, 5) is 13.3. The summed E-state index contributed by atoms with van der Waals surface area (Å²) in [5.74, 6) is 0.795. The van der Waals surface area contributed by atoms with Crippen molar-refractivity contribution < 1.29 is 9.53 Å². The number of carbonyl (C=O) groups excluding carboxylic acids is 1. The topological polar surface area (TPSA) is 29.5 Å². The van der Waals surface area contributed by atoms with Crippen LogP contribution in [0.1, 0.15) is 33.1 Å². The minimum Gasteiger partial charge on any atom is -0.468 e. The highest BCUT2D eigenvalue weighted by Crippen LogP contribution is 2.32. The van der Waals surface area contributed by atoms with Gasteiger partial charge in [-0.05, 0) is 32.7 Å². The Hall–Kier alpha value is -0.570. The first kappa shape index (κ1) is 11.5. The summed E-state index contributed by atoms with van der Waals surface area (Å²) < 4.78 is 4.67. The first-order valence-electron chi connectivity index (χ1n) is 5.44. The maximum Gasteiger partial charge on any atom is 0.319 e. The van der Waals surface area contributed by atoms with Crippen molar-refractivity contribution >= 4 is 5.97 Å².